The number of carbonyl (C=O) groups excluding carboxylic acids is 1. The molecule has 0 saturated carbocycles. The van der Waals surface area contributed by atoms with Crippen molar-refractivity contribution in [1.82, 2.24) is 19.9 Å². The molecular formula is C20H21BrN6O. The predicted molar refractivity (Wildman–Crippen MR) is 113 cm³/mol. The largest absolute Gasteiger partial charge is 0.384 e. The van der Waals surface area contributed by atoms with Crippen LogP contribution < -0.4 is 10.2 Å². The minimum Gasteiger partial charge on any atom is -0.384 e. The predicted octanol–water partition coefficient (Wildman–Crippen LogP) is 2.94. The molecule has 0 radical (unpaired) electrons. The number of amides is 1. The van der Waals surface area contributed by atoms with Crippen LogP contribution in [-0.4, -0.2) is 58.5 Å². The molecule has 1 amide bonds. The van der Waals surface area contributed by atoms with Crippen LogP contribution in [0.1, 0.15) is 6.42 Å². The summed E-state index contributed by atoms with van der Waals surface area (Å²) in [4.78, 5) is 29.5. The van der Waals surface area contributed by atoms with Gasteiger partial charge in [-0.3, -0.25) is 9.78 Å². The van der Waals surface area contributed by atoms with E-state index in [9.17, 15) is 4.79 Å². The van der Waals surface area contributed by atoms with Crippen LogP contribution in [0.3, 0.4) is 0 Å². The van der Waals surface area contributed by atoms with Crippen molar-refractivity contribution in [2.24, 2.45) is 0 Å². The number of anilines is 2. The van der Waals surface area contributed by atoms with E-state index >= 15 is 0 Å². The van der Waals surface area contributed by atoms with Crippen molar-refractivity contribution in [3.63, 3.8) is 0 Å². The minimum absolute atomic E-state index is 0.169. The van der Waals surface area contributed by atoms with Crippen LogP contribution >= 0.6 is 15.9 Å². The van der Waals surface area contributed by atoms with Crippen molar-refractivity contribution in [3.05, 3.63) is 53.4 Å². The zero-order chi connectivity index (χ0) is 19.3. The Bertz CT molecular complexity index is 959. The molecule has 2 aromatic heterocycles. The number of fused-ring (bicyclic) bond motifs is 1. The fraction of sp³-hybridized carbons (Fsp3) is 0.300. The number of hydrogen-bond acceptors (Lipinski definition) is 6. The highest BCUT2D eigenvalue weighted by Crippen LogP contribution is 2.24. The number of aromatic nitrogens is 3. The third kappa shape index (κ3) is 4.22. The van der Waals surface area contributed by atoms with Crippen molar-refractivity contribution in [2.75, 3.05) is 42.9 Å². The van der Waals surface area contributed by atoms with Gasteiger partial charge in [0, 0.05) is 73.3 Å². The van der Waals surface area contributed by atoms with Crippen LogP contribution in [0.5, 0.6) is 0 Å². The highest BCUT2D eigenvalue weighted by atomic mass is 79.9. The van der Waals surface area contributed by atoms with E-state index in [-0.39, 0.29) is 5.91 Å². The van der Waals surface area contributed by atoms with Crippen LogP contribution in [0, 0.1) is 0 Å². The molecule has 4 rings (SSSR count). The molecular weight excluding hydrogens is 420 g/mol. The number of halogens is 1. The molecule has 0 unspecified atom stereocenters. The number of rotatable bonds is 5. The van der Waals surface area contributed by atoms with Crippen molar-refractivity contribution in [2.45, 2.75) is 6.42 Å². The molecule has 1 aliphatic heterocycles. The second-order valence-electron chi connectivity index (χ2n) is 6.61. The van der Waals surface area contributed by atoms with Crippen LogP contribution in [0.25, 0.3) is 10.9 Å². The normalized spacial score (nSPS) is 14.3. The monoisotopic (exact) mass is 440 g/mol. The SMILES string of the molecule is O=C(CCNc1ccnc2cc(Br)ccc12)N1CCN(c2ncccn2)CC1. The van der Waals surface area contributed by atoms with Gasteiger partial charge in [0.15, 0.2) is 0 Å². The summed E-state index contributed by atoms with van der Waals surface area (Å²) < 4.78 is 1.000. The van der Waals surface area contributed by atoms with Gasteiger partial charge in [0.05, 0.1) is 5.52 Å². The molecule has 144 valence electrons. The number of hydrogen-bond donors (Lipinski definition) is 1. The molecule has 1 aromatic carbocycles. The van der Waals surface area contributed by atoms with E-state index in [1.807, 2.05) is 29.2 Å². The summed E-state index contributed by atoms with van der Waals surface area (Å²) in [5, 5.41) is 4.43. The Balaban J connectivity index is 1.29. The molecule has 8 heteroatoms. The fourth-order valence-electron chi connectivity index (χ4n) is 3.35. The topological polar surface area (TPSA) is 74.2 Å². The lowest BCUT2D eigenvalue weighted by atomic mass is 10.2. The van der Waals surface area contributed by atoms with Gasteiger partial charge in [0.1, 0.15) is 0 Å². The van der Waals surface area contributed by atoms with Gasteiger partial charge in [-0.05, 0) is 30.3 Å². The molecule has 1 fully saturated rings. The lowest BCUT2D eigenvalue weighted by Crippen LogP contribution is -2.49. The van der Waals surface area contributed by atoms with Gasteiger partial charge in [-0.1, -0.05) is 15.9 Å². The maximum atomic E-state index is 12.6. The maximum absolute atomic E-state index is 12.6. The first-order valence-corrected chi connectivity index (χ1v) is 10.1. The molecule has 0 aliphatic carbocycles. The number of nitrogens with one attached hydrogen (secondary N) is 1. The lowest BCUT2D eigenvalue weighted by Gasteiger charge is -2.34. The van der Waals surface area contributed by atoms with E-state index in [2.05, 4.69) is 41.1 Å². The van der Waals surface area contributed by atoms with Gasteiger partial charge in [0.2, 0.25) is 11.9 Å². The summed E-state index contributed by atoms with van der Waals surface area (Å²) in [6.45, 7) is 3.50. The van der Waals surface area contributed by atoms with E-state index in [1.54, 1.807) is 24.7 Å². The average Bonchev–Trinajstić information content (AvgIpc) is 2.74. The van der Waals surface area contributed by atoms with Crippen molar-refractivity contribution < 1.29 is 4.79 Å². The zero-order valence-electron chi connectivity index (χ0n) is 15.4. The standard InChI is InChI=1S/C20H21BrN6O/c21-15-2-3-16-17(4-8-23-18(16)14-15)22-9-5-19(28)26-10-12-27(13-11-26)20-24-6-1-7-25-20/h1-4,6-8,14H,5,9-13H2,(H,22,23). The molecule has 0 atom stereocenters. The van der Waals surface area contributed by atoms with Gasteiger partial charge in [-0.2, -0.15) is 0 Å². The van der Waals surface area contributed by atoms with Gasteiger partial charge in [0.25, 0.3) is 0 Å². The van der Waals surface area contributed by atoms with Gasteiger partial charge < -0.3 is 15.1 Å². The van der Waals surface area contributed by atoms with Crippen molar-refractivity contribution >= 4 is 44.4 Å². The van der Waals surface area contributed by atoms with Gasteiger partial charge >= 0.3 is 0 Å². The highest BCUT2D eigenvalue weighted by Gasteiger charge is 2.22. The Morgan fingerprint density at radius 2 is 1.82 bits per heavy atom. The molecule has 7 nitrogen and oxygen atoms in total. The summed E-state index contributed by atoms with van der Waals surface area (Å²) in [6.07, 6.45) is 5.73. The van der Waals surface area contributed by atoms with E-state index in [1.165, 1.54) is 0 Å². The summed E-state index contributed by atoms with van der Waals surface area (Å²) >= 11 is 3.47. The first-order chi connectivity index (χ1) is 13.7. The van der Waals surface area contributed by atoms with E-state index < -0.39 is 0 Å². The Labute approximate surface area is 171 Å². The number of piperazine rings is 1. The number of benzene rings is 1. The summed E-state index contributed by atoms with van der Waals surface area (Å²) in [5.74, 6) is 0.898. The smallest absolute Gasteiger partial charge is 0.225 e. The van der Waals surface area contributed by atoms with Gasteiger partial charge in [-0.15, -0.1) is 0 Å². The highest BCUT2D eigenvalue weighted by molar-refractivity contribution is 9.10. The van der Waals surface area contributed by atoms with Crippen molar-refractivity contribution in [1.29, 1.82) is 0 Å². The Morgan fingerprint density at radius 3 is 2.61 bits per heavy atom. The molecule has 1 aliphatic rings. The van der Waals surface area contributed by atoms with Crippen LogP contribution in [0.4, 0.5) is 11.6 Å². The van der Waals surface area contributed by atoms with Crippen LogP contribution in [0.2, 0.25) is 0 Å². The molecule has 3 aromatic rings. The number of pyridine rings is 1. The molecule has 0 bridgehead atoms. The summed E-state index contributed by atoms with van der Waals surface area (Å²) in [5.41, 5.74) is 1.92. The van der Waals surface area contributed by atoms with E-state index in [0.29, 0.717) is 26.1 Å². The second-order valence-corrected chi connectivity index (χ2v) is 7.53. The number of carbonyl (C=O) groups is 1. The number of nitrogens with zero attached hydrogens (tertiary/aromatic N) is 5. The summed E-state index contributed by atoms with van der Waals surface area (Å²) in [7, 11) is 0. The average molecular weight is 441 g/mol. The first kappa shape index (κ1) is 18.6. The zero-order valence-corrected chi connectivity index (χ0v) is 17.0. The Hall–Kier alpha value is -2.74. The third-order valence-electron chi connectivity index (χ3n) is 4.83. The molecule has 1 N–H and O–H groups in total. The van der Waals surface area contributed by atoms with Crippen LogP contribution in [-0.2, 0) is 4.79 Å². The van der Waals surface area contributed by atoms with Crippen LogP contribution in [0.15, 0.2) is 53.4 Å². The minimum atomic E-state index is 0.169. The summed E-state index contributed by atoms with van der Waals surface area (Å²) in [6, 6.07) is 9.76. The second kappa shape index (κ2) is 8.52. The molecule has 28 heavy (non-hydrogen) atoms. The molecule has 0 spiro atoms. The van der Waals surface area contributed by atoms with E-state index in [4.69, 9.17) is 0 Å². The lowest BCUT2D eigenvalue weighted by molar-refractivity contribution is -0.131. The van der Waals surface area contributed by atoms with Crippen molar-refractivity contribution in [3.8, 4) is 0 Å². The van der Waals surface area contributed by atoms with E-state index in [0.717, 1.165) is 40.1 Å². The molecule has 3 heterocycles. The fourth-order valence-corrected chi connectivity index (χ4v) is 3.70. The first-order valence-electron chi connectivity index (χ1n) is 9.28. The van der Waals surface area contributed by atoms with Gasteiger partial charge in [-0.25, -0.2) is 9.97 Å². The maximum Gasteiger partial charge on any atom is 0.225 e. The molecule has 1 saturated heterocycles. The third-order valence-corrected chi connectivity index (χ3v) is 5.32. The Morgan fingerprint density at radius 1 is 1.04 bits per heavy atom. The Kier molecular flexibility index (Phi) is 5.66. The quantitative estimate of drug-likeness (QED) is 0.657.